The number of methoxy groups -OCH3 is 2. The topological polar surface area (TPSA) is 118 Å². The highest BCUT2D eigenvalue weighted by molar-refractivity contribution is 5.99. The largest absolute Gasteiger partial charge is 0.495 e. The summed E-state index contributed by atoms with van der Waals surface area (Å²) in [6.45, 7) is 12.8. The number of hydrogen-bond acceptors (Lipinski definition) is 8. The van der Waals surface area contributed by atoms with E-state index >= 15 is 0 Å². The van der Waals surface area contributed by atoms with Gasteiger partial charge >= 0.3 is 11.9 Å². The summed E-state index contributed by atoms with van der Waals surface area (Å²) in [7, 11) is 2.86. The summed E-state index contributed by atoms with van der Waals surface area (Å²) in [5.74, 6) is 0.245. The van der Waals surface area contributed by atoms with Crippen LogP contribution in [0, 0.1) is 41.5 Å². The Bertz CT molecular complexity index is 1520. The molecule has 0 aliphatic rings. The van der Waals surface area contributed by atoms with Crippen LogP contribution in [0.4, 0.5) is 0 Å². The molecule has 3 aromatic rings. The molecule has 0 atom stereocenters. The van der Waals surface area contributed by atoms with Crippen LogP contribution in [0.2, 0.25) is 0 Å². The van der Waals surface area contributed by atoms with Gasteiger partial charge in [0.25, 0.3) is 0 Å². The standard InChI is InChI=1S/C33H38O9/c1-17-20(4)29(22(6)30(38-8)26(17)32(35)36)42-33(37)27-18(2)19(3)28(21(5)31(27)39-9)41-16-10-15-40-25-13-11-24(12-14-25)23(7)34/h11-14H,10,15-16H2,1-9H3,(H,35,36). The van der Waals surface area contributed by atoms with Crippen LogP contribution in [0.15, 0.2) is 24.3 Å². The van der Waals surface area contributed by atoms with E-state index in [0.717, 1.165) is 5.56 Å². The number of esters is 1. The molecular formula is C33H38O9. The molecule has 0 saturated heterocycles. The maximum atomic E-state index is 13.6. The van der Waals surface area contributed by atoms with Crippen molar-refractivity contribution in [3.8, 4) is 28.7 Å². The third-order valence-corrected chi connectivity index (χ3v) is 7.46. The molecular weight excluding hydrogens is 540 g/mol. The number of carboxylic acid groups (broad SMARTS) is 1. The Balaban J connectivity index is 1.82. The van der Waals surface area contributed by atoms with Crippen LogP contribution < -0.4 is 23.7 Å². The Kier molecular flexibility index (Phi) is 10.2. The number of rotatable bonds is 12. The zero-order valence-corrected chi connectivity index (χ0v) is 25.6. The molecule has 0 bridgehead atoms. The Labute approximate surface area is 246 Å². The smallest absolute Gasteiger partial charge is 0.347 e. The molecule has 0 aromatic heterocycles. The fourth-order valence-corrected chi connectivity index (χ4v) is 4.94. The van der Waals surface area contributed by atoms with Crippen molar-refractivity contribution in [3.63, 3.8) is 0 Å². The van der Waals surface area contributed by atoms with Crippen molar-refractivity contribution < 1.29 is 43.2 Å². The van der Waals surface area contributed by atoms with E-state index in [4.69, 9.17) is 23.7 Å². The van der Waals surface area contributed by atoms with Gasteiger partial charge in [0.05, 0.1) is 27.4 Å². The highest BCUT2D eigenvalue weighted by Gasteiger charge is 2.29. The normalized spacial score (nSPS) is 10.7. The van der Waals surface area contributed by atoms with Crippen LogP contribution in [-0.2, 0) is 0 Å². The SMILES string of the molecule is COc1c(C)c(OC(=O)c2c(C)c(C)c(OCCCOc3ccc(C(C)=O)cc3)c(C)c2OC)c(C)c(C)c1C(=O)O. The third kappa shape index (κ3) is 6.35. The van der Waals surface area contributed by atoms with E-state index in [1.807, 2.05) is 13.8 Å². The second-order valence-corrected chi connectivity index (χ2v) is 10.1. The number of carboxylic acids is 1. The van der Waals surface area contributed by atoms with Gasteiger partial charge in [0.15, 0.2) is 5.78 Å². The summed E-state index contributed by atoms with van der Waals surface area (Å²) in [6, 6.07) is 6.99. The number of aromatic carboxylic acids is 1. The van der Waals surface area contributed by atoms with Crippen LogP contribution >= 0.6 is 0 Å². The van der Waals surface area contributed by atoms with Gasteiger partial charge in [0, 0.05) is 23.1 Å². The van der Waals surface area contributed by atoms with E-state index in [0.29, 0.717) is 70.3 Å². The van der Waals surface area contributed by atoms with E-state index < -0.39 is 11.9 Å². The molecule has 0 saturated carbocycles. The lowest BCUT2D eigenvalue weighted by atomic mass is 9.96. The molecule has 3 aromatic carbocycles. The van der Waals surface area contributed by atoms with Crippen molar-refractivity contribution in [1.29, 1.82) is 0 Å². The number of benzene rings is 3. The average Bonchev–Trinajstić information content (AvgIpc) is 2.95. The lowest BCUT2D eigenvalue weighted by Crippen LogP contribution is -2.17. The second-order valence-electron chi connectivity index (χ2n) is 10.1. The van der Waals surface area contributed by atoms with Crippen molar-refractivity contribution in [3.05, 3.63) is 74.3 Å². The molecule has 0 aliphatic heterocycles. The summed E-state index contributed by atoms with van der Waals surface area (Å²) in [6.07, 6.45) is 0.602. The number of carbonyl (C=O) groups excluding carboxylic acids is 2. The lowest BCUT2D eigenvalue weighted by Gasteiger charge is -2.22. The maximum absolute atomic E-state index is 13.6. The Morgan fingerprint density at radius 1 is 0.643 bits per heavy atom. The van der Waals surface area contributed by atoms with Crippen LogP contribution in [0.1, 0.15) is 77.8 Å². The number of ether oxygens (including phenoxy) is 5. The lowest BCUT2D eigenvalue weighted by molar-refractivity contribution is 0.0691. The molecule has 0 amide bonds. The monoisotopic (exact) mass is 578 g/mol. The van der Waals surface area contributed by atoms with E-state index in [1.165, 1.54) is 21.1 Å². The summed E-state index contributed by atoms with van der Waals surface area (Å²) < 4.78 is 28.8. The first-order valence-corrected chi connectivity index (χ1v) is 13.5. The van der Waals surface area contributed by atoms with Gasteiger partial charge in [-0.3, -0.25) is 4.79 Å². The van der Waals surface area contributed by atoms with E-state index in [-0.39, 0.29) is 28.4 Å². The molecule has 1 N–H and O–H groups in total. The summed E-state index contributed by atoms with van der Waals surface area (Å²) in [5, 5.41) is 9.71. The van der Waals surface area contributed by atoms with Gasteiger partial charge in [0.2, 0.25) is 0 Å². The maximum Gasteiger partial charge on any atom is 0.347 e. The minimum atomic E-state index is -1.12. The van der Waals surface area contributed by atoms with Gasteiger partial charge in [0.1, 0.15) is 39.9 Å². The molecule has 9 heteroatoms. The first-order valence-electron chi connectivity index (χ1n) is 13.5. The molecule has 0 aliphatic carbocycles. The van der Waals surface area contributed by atoms with Gasteiger partial charge in [-0.15, -0.1) is 0 Å². The molecule has 0 spiro atoms. The van der Waals surface area contributed by atoms with Crippen molar-refractivity contribution in [2.45, 2.75) is 54.9 Å². The first-order chi connectivity index (χ1) is 19.8. The number of hydrogen-bond donors (Lipinski definition) is 1. The van der Waals surface area contributed by atoms with Gasteiger partial charge in [-0.2, -0.15) is 0 Å². The summed E-state index contributed by atoms with van der Waals surface area (Å²) in [5.41, 5.74) is 4.37. The molecule has 9 nitrogen and oxygen atoms in total. The molecule has 224 valence electrons. The molecule has 3 rings (SSSR count). The van der Waals surface area contributed by atoms with E-state index in [9.17, 15) is 19.5 Å². The minimum Gasteiger partial charge on any atom is -0.495 e. The Morgan fingerprint density at radius 3 is 1.69 bits per heavy atom. The quantitative estimate of drug-likeness (QED) is 0.111. The van der Waals surface area contributed by atoms with Crippen LogP contribution in [0.5, 0.6) is 28.7 Å². The Morgan fingerprint density at radius 2 is 1.14 bits per heavy atom. The van der Waals surface area contributed by atoms with Crippen LogP contribution in [0.25, 0.3) is 0 Å². The number of ketones is 1. The van der Waals surface area contributed by atoms with E-state index in [2.05, 4.69) is 0 Å². The highest BCUT2D eigenvalue weighted by atomic mass is 16.5. The van der Waals surface area contributed by atoms with Gasteiger partial charge in [-0.05, 0) is 95.0 Å². The second kappa shape index (κ2) is 13.4. The molecule has 0 radical (unpaired) electrons. The molecule has 42 heavy (non-hydrogen) atoms. The predicted molar refractivity (Wildman–Crippen MR) is 158 cm³/mol. The number of Topliss-reactive ketones (excluding diaryl/α,β-unsaturated/α-hetero) is 1. The van der Waals surface area contributed by atoms with E-state index in [1.54, 1.807) is 52.0 Å². The van der Waals surface area contributed by atoms with Gasteiger partial charge in [-0.1, -0.05) is 0 Å². The Hall–Kier alpha value is -4.53. The predicted octanol–water partition coefficient (Wildman–Crippen LogP) is 6.52. The first kappa shape index (κ1) is 32.0. The molecule has 0 fully saturated rings. The zero-order valence-electron chi connectivity index (χ0n) is 25.6. The highest BCUT2D eigenvalue weighted by Crippen LogP contribution is 2.41. The van der Waals surface area contributed by atoms with Crippen molar-refractivity contribution in [1.82, 2.24) is 0 Å². The van der Waals surface area contributed by atoms with Crippen LogP contribution in [0.3, 0.4) is 0 Å². The van der Waals surface area contributed by atoms with Gasteiger partial charge < -0.3 is 28.8 Å². The van der Waals surface area contributed by atoms with Crippen molar-refractivity contribution in [2.75, 3.05) is 27.4 Å². The fraction of sp³-hybridized carbons (Fsp3) is 0.364. The average molecular weight is 579 g/mol. The molecule has 0 heterocycles. The number of carbonyl (C=O) groups is 3. The minimum absolute atomic E-state index is 0.000596. The fourth-order valence-electron chi connectivity index (χ4n) is 4.94. The summed E-state index contributed by atoms with van der Waals surface area (Å²) in [4.78, 5) is 36.9. The summed E-state index contributed by atoms with van der Waals surface area (Å²) >= 11 is 0. The third-order valence-electron chi connectivity index (χ3n) is 7.46. The van der Waals surface area contributed by atoms with Gasteiger partial charge in [-0.25, -0.2) is 9.59 Å². The zero-order chi connectivity index (χ0) is 31.3. The van der Waals surface area contributed by atoms with Crippen molar-refractivity contribution in [2.24, 2.45) is 0 Å². The molecule has 0 unspecified atom stereocenters. The van der Waals surface area contributed by atoms with Crippen molar-refractivity contribution >= 4 is 17.7 Å². The van der Waals surface area contributed by atoms with Crippen LogP contribution in [-0.4, -0.2) is 50.3 Å².